The Kier molecular flexibility index (Phi) is 4.51. The Morgan fingerprint density at radius 1 is 1.00 bits per heavy atom. The maximum absolute atomic E-state index is 13.5. The van der Waals surface area contributed by atoms with Crippen molar-refractivity contribution < 1.29 is 9.13 Å². The van der Waals surface area contributed by atoms with Gasteiger partial charge in [-0.05, 0) is 55.7 Å². The molecule has 112 valence electrons. The first-order valence-corrected chi connectivity index (χ1v) is 7.05. The monoisotopic (exact) mass is 287 g/mol. The number of ether oxygens (including phenoxy) is 1. The first-order chi connectivity index (χ1) is 9.90. The molecule has 2 rings (SSSR count). The van der Waals surface area contributed by atoms with Crippen molar-refractivity contribution in [3.8, 4) is 5.75 Å². The summed E-state index contributed by atoms with van der Waals surface area (Å²) in [7, 11) is 4.04. The molecule has 0 aliphatic heterocycles. The lowest BCUT2D eigenvalue weighted by Crippen LogP contribution is -2.13. The highest BCUT2D eigenvalue weighted by Crippen LogP contribution is 2.26. The van der Waals surface area contributed by atoms with Gasteiger partial charge in [0.2, 0.25) is 0 Å². The van der Waals surface area contributed by atoms with Crippen molar-refractivity contribution in [1.82, 2.24) is 0 Å². The Morgan fingerprint density at radius 2 is 1.71 bits per heavy atom. The van der Waals surface area contributed by atoms with E-state index in [1.807, 2.05) is 27.1 Å². The fourth-order valence-corrected chi connectivity index (χ4v) is 2.35. The van der Waals surface area contributed by atoms with Gasteiger partial charge < -0.3 is 9.64 Å². The van der Waals surface area contributed by atoms with Crippen molar-refractivity contribution >= 4 is 5.69 Å². The molecule has 2 nitrogen and oxygen atoms in total. The van der Waals surface area contributed by atoms with Crippen LogP contribution in [0.3, 0.4) is 0 Å². The van der Waals surface area contributed by atoms with Crippen LogP contribution in [-0.2, 0) is 6.61 Å². The van der Waals surface area contributed by atoms with Crippen LogP contribution < -0.4 is 9.64 Å². The van der Waals surface area contributed by atoms with E-state index in [9.17, 15) is 4.39 Å². The lowest BCUT2D eigenvalue weighted by molar-refractivity contribution is 0.303. The number of anilines is 1. The van der Waals surface area contributed by atoms with E-state index in [-0.39, 0.29) is 5.82 Å². The van der Waals surface area contributed by atoms with Gasteiger partial charge in [0.05, 0.1) is 0 Å². The number of benzene rings is 2. The molecular formula is C18H22FNO. The third-order valence-electron chi connectivity index (χ3n) is 3.70. The molecule has 0 heterocycles. The molecule has 0 spiro atoms. The highest BCUT2D eigenvalue weighted by molar-refractivity contribution is 5.55. The van der Waals surface area contributed by atoms with E-state index < -0.39 is 0 Å². The van der Waals surface area contributed by atoms with Gasteiger partial charge in [0.1, 0.15) is 18.2 Å². The van der Waals surface area contributed by atoms with Crippen LogP contribution in [0.4, 0.5) is 10.1 Å². The number of halogens is 1. The van der Waals surface area contributed by atoms with Crippen molar-refractivity contribution in [3.63, 3.8) is 0 Å². The molecule has 0 fully saturated rings. The van der Waals surface area contributed by atoms with Gasteiger partial charge >= 0.3 is 0 Å². The fourth-order valence-electron chi connectivity index (χ4n) is 2.35. The van der Waals surface area contributed by atoms with Gasteiger partial charge in [-0.2, -0.15) is 0 Å². The third kappa shape index (κ3) is 3.35. The van der Waals surface area contributed by atoms with Crippen molar-refractivity contribution in [2.45, 2.75) is 27.4 Å². The average Bonchev–Trinajstić information content (AvgIpc) is 2.42. The summed E-state index contributed by atoms with van der Waals surface area (Å²) < 4.78 is 19.4. The largest absolute Gasteiger partial charge is 0.489 e. The molecular weight excluding hydrogens is 265 g/mol. The van der Waals surface area contributed by atoms with Gasteiger partial charge in [0, 0.05) is 25.3 Å². The van der Waals surface area contributed by atoms with Crippen molar-refractivity contribution in [2.75, 3.05) is 19.0 Å². The SMILES string of the molecule is Cc1cc(OCc2c(C)cccc2N(C)C)c(C)cc1F. The second-order valence-electron chi connectivity index (χ2n) is 5.62. The number of rotatable bonds is 4. The Bertz CT molecular complexity index is 650. The first-order valence-electron chi connectivity index (χ1n) is 7.05. The highest BCUT2D eigenvalue weighted by atomic mass is 19.1. The van der Waals surface area contributed by atoms with E-state index in [0.29, 0.717) is 12.2 Å². The molecule has 0 bridgehead atoms. The molecule has 0 atom stereocenters. The molecule has 0 aliphatic carbocycles. The maximum atomic E-state index is 13.5. The fraction of sp³-hybridized carbons (Fsp3) is 0.333. The van der Waals surface area contributed by atoms with Crippen molar-refractivity contribution in [3.05, 3.63) is 58.4 Å². The van der Waals surface area contributed by atoms with E-state index >= 15 is 0 Å². The van der Waals surface area contributed by atoms with Gasteiger partial charge in [-0.15, -0.1) is 0 Å². The lowest BCUT2D eigenvalue weighted by atomic mass is 10.1. The minimum atomic E-state index is -0.190. The molecule has 0 amide bonds. The maximum Gasteiger partial charge on any atom is 0.126 e. The second kappa shape index (κ2) is 6.17. The number of hydrogen-bond donors (Lipinski definition) is 0. The van der Waals surface area contributed by atoms with Crippen LogP contribution in [0.5, 0.6) is 5.75 Å². The van der Waals surface area contributed by atoms with Gasteiger partial charge in [-0.1, -0.05) is 12.1 Å². The summed E-state index contributed by atoms with van der Waals surface area (Å²) in [5, 5.41) is 0. The van der Waals surface area contributed by atoms with Gasteiger partial charge in [-0.25, -0.2) is 4.39 Å². The molecule has 0 radical (unpaired) electrons. The van der Waals surface area contributed by atoms with Gasteiger partial charge in [0.15, 0.2) is 0 Å². The predicted octanol–water partition coefficient (Wildman–Crippen LogP) is 4.40. The lowest BCUT2D eigenvalue weighted by Gasteiger charge is -2.20. The van der Waals surface area contributed by atoms with Crippen LogP contribution in [0.1, 0.15) is 22.3 Å². The van der Waals surface area contributed by atoms with Gasteiger partial charge in [-0.3, -0.25) is 0 Å². The van der Waals surface area contributed by atoms with Crippen LogP contribution in [0, 0.1) is 26.6 Å². The van der Waals surface area contributed by atoms with E-state index in [1.54, 1.807) is 13.0 Å². The Labute approximate surface area is 126 Å². The molecule has 0 saturated carbocycles. The minimum Gasteiger partial charge on any atom is -0.489 e. The molecule has 2 aromatic carbocycles. The number of hydrogen-bond acceptors (Lipinski definition) is 2. The average molecular weight is 287 g/mol. The van der Waals surface area contributed by atoms with Gasteiger partial charge in [0.25, 0.3) is 0 Å². The van der Waals surface area contributed by atoms with E-state index in [0.717, 1.165) is 22.6 Å². The highest BCUT2D eigenvalue weighted by Gasteiger charge is 2.10. The molecule has 21 heavy (non-hydrogen) atoms. The zero-order valence-electron chi connectivity index (χ0n) is 13.3. The van der Waals surface area contributed by atoms with E-state index in [1.165, 1.54) is 11.6 Å². The van der Waals surface area contributed by atoms with E-state index in [4.69, 9.17) is 4.74 Å². The Hall–Kier alpha value is -2.03. The quantitative estimate of drug-likeness (QED) is 0.826. The molecule has 0 aliphatic rings. The molecule has 3 heteroatoms. The predicted molar refractivity (Wildman–Crippen MR) is 85.7 cm³/mol. The van der Waals surface area contributed by atoms with Crippen LogP contribution in [0.2, 0.25) is 0 Å². The summed E-state index contributed by atoms with van der Waals surface area (Å²) in [6.45, 7) is 6.17. The normalized spacial score (nSPS) is 10.6. The molecule has 0 aromatic heterocycles. The molecule has 0 unspecified atom stereocenters. The second-order valence-corrected chi connectivity index (χ2v) is 5.62. The summed E-state index contributed by atoms with van der Waals surface area (Å²) in [6.07, 6.45) is 0. The summed E-state index contributed by atoms with van der Waals surface area (Å²) in [4.78, 5) is 2.08. The van der Waals surface area contributed by atoms with Crippen LogP contribution in [0.25, 0.3) is 0 Å². The molecule has 2 aromatic rings. The standard InChI is InChI=1S/C18H22FNO/c1-12-7-6-8-17(20(4)5)15(12)11-21-18-10-13(2)16(19)9-14(18)3/h6-10H,11H2,1-5H3. The van der Waals surface area contributed by atoms with Crippen LogP contribution in [0.15, 0.2) is 30.3 Å². The smallest absolute Gasteiger partial charge is 0.126 e. The zero-order valence-corrected chi connectivity index (χ0v) is 13.3. The topological polar surface area (TPSA) is 12.5 Å². The third-order valence-corrected chi connectivity index (χ3v) is 3.70. The Morgan fingerprint density at radius 3 is 2.38 bits per heavy atom. The molecule has 0 saturated heterocycles. The van der Waals surface area contributed by atoms with E-state index in [2.05, 4.69) is 24.0 Å². The summed E-state index contributed by atoms with van der Waals surface area (Å²) in [5.41, 5.74) is 4.92. The van der Waals surface area contributed by atoms with Crippen molar-refractivity contribution in [2.24, 2.45) is 0 Å². The first kappa shape index (κ1) is 15.4. The summed E-state index contributed by atoms with van der Waals surface area (Å²) in [6, 6.07) is 9.48. The summed E-state index contributed by atoms with van der Waals surface area (Å²) >= 11 is 0. The minimum absolute atomic E-state index is 0.190. The number of aryl methyl sites for hydroxylation is 3. The molecule has 0 N–H and O–H groups in total. The van der Waals surface area contributed by atoms with Crippen LogP contribution in [-0.4, -0.2) is 14.1 Å². The number of nitrogens with zero attached hydrogens (tertiary/aromatic N) is 1. The Balaban J connectivity index is 2.27. The van der Waals surface area contributed by atoms with Crippen LogP contribution >= 0.6 is 0 Å². The zero-order chi connectivity index (χ0) is 15.6. The van der Waals surface area contributed by atoms with Crippen molar-refractivity contribution in [1.29, 1.82) is 0 Å². The summed E-state index contributed by atoms with van der Waals surface area (Å²) in [5.74, 6) is 0.548.